The number of benzene rings is 2. The first kappa shape index (κ1) is 25.0. The fourth-order valence-electron chi connectivity index (χ4n) is 3.79. The van der Waals surface area contributed by atoms with Crippen molar-refractivity contribution in [2.45, 2.75) is 17.7 Å². The van der Waals surface area contributed by atoms with Crippen LogP contribution in [0.4, 0.5) is 5.69 Å². The normalized spacial score (nSPS) is 13.9. The summed E-state index contributed by atoms with van der Waals surface area (Å²) in [5.74, 6) is 0.00278. The highest BCUT2D eigenvalue weighted by molar-refractivity contribution is 7.90. The molecule has 0 unspecified atom stereocenters. The molecule has 0 saturated carbocycles. The minimum atomic E-state index is -4.10. The molecule has 5 rings (SSSR count). The topological polar surface area (TPSA) is 89.2 Å². The first-order valence-electron chi connectivity index (χ1n) is 11.4. The third kappa shape index (κ3) is 5.83. The monoisotopic (exact) mass is 549 g/mol. The Morgan fingerprint density at radius 2 is 1.59 bits per heavy atom. The van der Waals surface area contributed by atoms with Gasteiger partial charge >= 0.3 is 0 Å². The number of hydrogen-bond donors (Lipinski definition) is 1. The van der Waals surface area contributed by atoms with Gasteiger partial charge < -0.3 is 5.32 Å². The van der Waals surface area contributed by atoms with Crippen molar-refractivity contribution in [3.8, 4) is 11.3 Å². The van der Waals surface area contributed by atoms with Crippen LogP contribution in [0.15, 0.2) is 107 Å². The van der Waals surface area contributed by atoms with Gasteiger partial charge in [0, 0.05) is 45.5 Å². The number of rotatable bonds is 5. The Hall–Kier alpha value is -3.72. The molecule has 0 radical (unpaired) electrons. The molecule has 2 heterocycles. The summed E-state index contributed by atoms with van der Waals surface area (Å²) >= 11 is 12.1. The lowest BCUT2D eigenvalue weighted by atomic mass is 9.97. The van der Waals surface area contributed by atoms with Crippen LogP contribution in [0.3, 0.4) is 0 Å². The van der Waals surface area contributed by atoms with Gasteiger partial charge in [0.05, 0.1) is 4.90 Å². The van der Waals surface area contributed by atoms with Crippen molar-refractivity contribution in [2.75, 3.05) is 5.32 Å². The fraction of sp³-hybridized carbons (Fsp3) is 0.0741. The highest BCUT2D eigenvalue weighted by atomic mass is 35.5. The van der Waals surface area contributed by atoms with Crippen LogP contribution < -0.4 is 5.32 Å². The van der Waals surface area contributed by atoms with E-state index in [1.54, 1.807) is 42.9 Å². The van der Waals surface area contributed by atoms with E-state index in [9.17, 15) is 8.42 Å². The standard InChI is InChI=1S/C27H21Cl2N5O2S/c28-21-8-6-20(7-9-21)26-25(19-4-2-1-3-5-19)18-34(32-26)27(31-23-14-16-30-17-15-23)33-37(35,36)24-12-10-22(29)11-13-24/h2,4-18H,1,3H2,(H,30,31,33). The molecule has 186 valence electrons. The second-order valence-corrected chi connectivity index (χ2v) is 10.7. The minimum absolute atomic E-state index is 0.00278. The lowest BCUT2D eigenvalue weighted by molar-refractivity contribution is 0.597. The summed E-state index contributed by atoms with van der Waals surface area (Å²) in [4.78, 5) is 4.03. The van der Waals surface area contributed by atoms with Gasteiger partial charge in [-0.3, -0.25) is 4.98 Å². The second kappa shape index (κ2) is 10.7. The van der Waals surface area contributed by atoms with E-state index in [0.717, 1.165) is 29.5 Å². The van der Waals surface area contributed by atoms with Crippen LogP contribution in [0.5, 0.6) is 0 Å². The summed E-state index contributed by atoms with van der Waals surface area (Å²) in [7, 11) is -4.10. The molecular formula is C27H21Cl2N5O2S. The molecule has 0 atom stereocenters. The van der Waals surface area contributed by atoms with Crippen LogP contribution in [-0.4, -0.2) is 29.1 Å². The lowest BCUT2D eigenvalue weighted by Gasteiger charge is -2.10. The predicted molar refractivity (Wildman–Crippen MR) is 148 cm³/mol. The quantitative estimate of drug-likeness (QED) is 0.221. The third-order valence-electron chi connectivity index (χ3n) is 5.61. The number of nitrogens with zero attached hydrogens (tertiary/aromatic N) is 4. The maximum atomic E-state index is 13.3. The van der Waals surface area contributed by atoms with Crippen molar-refractivity contribution in [3.05, 3.63) is 113 Å². The summed E-state index contributed by atoms with van der Waals surface area (Å²) in [6, 6.07) is 16.6. The van der Waals surface area contributed by atoms with Crippen molar-refractivity contribution in [2.24, 2.45) is 4.40 Å². The van der Waals surface area contributed by atoms with Crippen LogP contribution >= 0.6 is 23.2 Å². The highest BCUT2D eigenvalue weighted by Crippen LogP contribution is 2.31. The van der Waals surface area contributed by atoms with Crippen molar-refractivity contribution in [1.29, 1.82) is 0 Å². The van der Waals surface area contributed by atoms with Crippen LogP contribution in [0.25, 0.3) is 16.8 Å². The number of nitrogens with one attached hydrogen (secondary N) is 1. The number of allylic oxidation sites excluding steroid dienone is 4. The molecule has 7 nitrogen and oxygen atoms in total. The smallest absolute Gasteiger partial charge is 0.285 e. The zero-order chi connectivity index (χ0) is 25.8. The zero-order valence-corrected chi connectivity index (χ0v) is 21.7. The third-order valence-corrected chi connectivity index (χ3v) is 7.39. The molecule has 0 bridgehead atoms. The van der Waals surface area contributed by atoms with Crippen molar-refractivity contribution in [3.63, 3.8) is 0 Å². The van der Waals surface area contributed by atoms with E-state index in [1.807, 2.05) is 18.2 Å². The van der Waals surface area contributed by atoms with Crippen molar-refractivity contribution < 1.29 is 8.42 Å². The van der Waals surface area contributed by atoms with Crippen LogP contribution in [0.1, 0.15) is 18.4 Å². The molecule has 0 aliphatic heterocycles. The molecule has 1 aliphatic carbocycles. The molecule has 0 amide bonds. The number of pyridine rings is 1. The summed E-state index contributed by atoms with van der Waals surface area (Å²) in [6.45, 7) is 0. The van der Waals surface area contributed by atoms with Gasteiger partial charge in [0.1, 0.15) is 5.69 Å². The maximum absolute atomic E-state index is 13.3. The molecule has 1 N–H and O–H groups in total. The van der Waals surface area contributed by atoms with E-state index in [4.69, 9.17) is 28.3 Å². The lowest BCUT2D eigenvalue weighted by Crippen LogP contribution is -2.24. The maximum Gasteiger partial charge on any atom is 0.285 e. The molecule has 4 aromatic rings. The van der Waals surface area contributed by atoms with E-state index in [-0.39, 0.29) is 10.9 Å². The summed E-state index contributed by atoms with van der Waals surface area (Å²) in [5.41, 5.74) is 3.93. The highest BCUT2D eigenvalue weighted by Gasteiger charge is 2.21. The molecular weight excluding hydrogens is 529 g/mol. The number of aromatic nitrogens is 3. The molecule has 0 saturated heterocycles. The number of anilines is 1. The van der Waals surface area contributed by atoms with E-state index in [0.29, 0.717) is 21.4 Å². The molecule has 0 fully saturated rings. The largest absolute Gasteiger partial charge is 0.323 e. The molecule has 2 aromatic heterocycles. The van der Waals surface area contributed by atoms with Gasteiger partial charge in [0.15, 0.2) is 0 Å². The Morgan fingerprint density at radius 3 is 2.24 bits per heavy atom. The summed E-state index contributed by atoms with van der Waals surface area (Å²) in [5, 5.41) is 8.90. The SMILES string of the molecule is O=S(=O)(N=C(Nc1ccncc1)n1cc(C2=CCCC=C2)c(-c2ccc(Cl)cc2)n1)c1ccc(Cl)cc1. The minimum Gasteiger partial charge on any atom is -0.323 e. The predicted octanol–water partition coefficient (Wildman–Crippen LogP) is 6.69. The van der Waals surface area contributed by atoms with E-state index < -0.39 is 10.0 Å². The Kier molecular flexibility index (Phi) is 7.23. The van der Waals surface area contributed by atoms with Gasteiger partial charge in [-0.05, 0) is 66.9 Å². The van der Waals surface area contributed by atoms with Crippen molar-refractivity contribution >= 4 is 50.4 Å². The Balaban J connectivity index is 1.66. The molecule has 0 spiro atoms. The van der Waals surface area contributed by atoms with Gasteiger partial charge in [0.25, 0.3) is 10.0 Å². The fourth-order valence-corrected chi connectivity index (χ4v) is 4.98. The Labute approximate surface area is 224 Å². The summed E-state index contributed by atoms with van der Waals surface area (Å²) < 4.78 is 32.1. The summed E-state index contributed by atoms with van der Waals surface area (Å²) in [6.07, 6.45) is 13.1. The van der Waals surface area contributed by atoms with Gasteiger partial charge in [0.2, 0.25) is 5.96 Å². The van der Waals surface area contributed by atoms with Gasteiger partial charge in [-0.2, -0.15) is 13.5 Å². The first-order chi connectivity index (χ1) is 17.9. The first-order valence-corrected chi connectivity index (χ1v) is 13.6. The molecule has 37 heavy (non-hydrogen) atoms. The van der Waals surface area contributed by atoms with Gasteiger partial charge in [-0.25, -0.2) is 4.68 Å². The van der Waals surface area contributed by atoms with Crippen LogP contribution in [-0.2, 0) is 10.0 Å². The molecule has 1 aliphatic rings. The zero-order valence-electron chi connectivity index (χ0n) is 19.4. The number of sulfonamides is 1. The molecule has 10 heteroatoms. The van der Waals surface area contributed by atoms with E-state index in [1.165, 1.54) is 28.9 Å². The average molecular weight is 550 g/mol. The number of halogens is 2. The van der Waals surface area contributed by atoms with Gasteiger partial charge in [-0.15, -0.1) is 4.40 Å². The Morgan fingerprint density at radius 1 is 0.919 bits per heavy atom. The van der Waals surface area contributed by atoms with Crippen LogP contribution in [0.2, 0.25) is 10.0 Å². The average Bonchev–Trinajstić information content (AvgIpc) is 3.36. The van der Waals surface area contributed by atoms with Gasteiger partial charge in [-0.1, -0.05) is 53.6 Å². The Bertz CT molecular complexity index is 1610. The van der Waals surface area contributed by atoms with E-state index in [2.05, 4.69) is 26.9 Å². The second-order valence-electron chi connectivity index (χ2n) is 8.19. The molecule has 2 aromatic carbocycles. The van der Waals surface area contributed by atoms with E-state index >= 15 is 0 Å². The van der Waals surface area contributed by atoms with Crippen molar-refractivity contribution in [1.82, 2.24) is 14.8 Å². The van der Waals surface area contributed by atoms with Crippen LogP contribution in [0, 0.1) is 0 Å². The number of hydrogen-bond acceptors (Lipinski definition) is 4.